The molecule has 4 aliphatic rings. The maximum absolute atomic E-state index is 2.89. The van der Waals surface area contributed by atoms with E-state index in [-0.39, 0.29) is 12.4 Å². The summed E-state index contributed by atoms with van der Waals surface area (Å²) in [5.41, 5.74) is 3.16. The van der Waals surface area contributed by atoms with Gasteiger partial charge in [-0.15, -0.1) is 49.6 Å². The molecule has 4 aliphatic carbocycles. The third-order valence-electron chi connectivity index (χ3n) is 5.64. The Bertz CT molecular complexity index is 717. The Morgan fingerprint density at radius 1 is 0.667 bits per heavy atom. The Morgan fingerprint density at radius 3 is 1.33 bits per heavy atom. The molecule has 0 nitrogen and oxygen atoms in total. The van der Waals surface area contributed by atoms with E-state index in [4.69, 9.17) is 0 Å². The molecular weight excluding hydrogens is 515 g/mol. The molecule has 2 atom stereocenters. The summed E-state index contributed by atoms with van der Waals surface area (Å²) in [4.78, 5) is 0. The van der Waals surface area contributed by atoms with Crippen molar-refractivity contribution in [1.82, 2.24) is 0 Å². The minimum absolute atomic E-state index is 0. The minimum atomic E-state index is 0. The van der Waals surface area contributed by atoms with Crippen molar-refractivity contribution in [2.24, 2.45) is 11.8 Å². The molecule has 174 valence electrons. The zero-order chi connectivity index (χ0) is 22.7. The molecule has 2 aromatic rings. The number of benzene rings is 2. The largest absolute Gasteiger partial charge is 0.184 e. The molecule has 0 radical (unpaired) electrons. The predicted molar refractivity (Wildman–Crippen MR) is 144 cm³/mol. The molecule has 0 amide bonds. The van der Waals surface area contributed by atoms with E-state index in [1.54, 1.807) is 34.5 Å². The maximum Gasteiger partial charge on any atom is -0.171 e. The molecule has 2 unspecified atom stereocenters. The van der Waals surface area contributed by atoms with Crippen LogP contribution in [-0.4, -0.2) is 6.88 Å². The summed E-state index contributed by atoms with van der Waals surface area (Å²) < 4.78 is 0. The van der Waals surface area contributed by atoms with Crippen LogP contribution in [0.25, 0.3) is 0 Å². The van der Waals surface area contributed by atoms with Crippen LogP contribution in [0.2, 0.25) is 0 Å². The third kappa shape index (κ3) is 12.5. The average Bonchev–Trinajstić information content (AvgIpc) is 3.58. The summed E-state index contributed by atoms with van der Waals surface area (Å²) in [6.45, 7) is 1.95. The summed E-state index contributed by atoms with van der Waals surface area (Å²) in [5, 5.41) is 0. The summed E-state index contributed by atoms with van der Waals surface area (Å²) in [5.74, 6) is 1.77. The summed E-state index contributed by atoms with van der Waals surface area (Å²) in [6, 6.07) is 25.0. The predicted octanol–water partition coefficient (Wildman–Crippen LogP) is 7.45. The van der Waals surface area contributed by atoms with Crippen LogP contribution in [0.3, 0.4) is 0 Å². The van der Waals surface area contributed by atoms with Crippen LogP contribution in [-0.2, 0) is 23.3 Å². The second-order valence-electron chi connectivity index (χ2n) is 7.77. The van der Waals surface area contributed by atoms with Crippen LogP contribution in [0.15, 0.2) is 108 Å². The standard InChI is InChI=1S/2C9H11.2C6H5.ClH.H2Si.Zr/c2*1-2-5-9-7-3-6-8(9)4-1;2*1-2-4-6-5-3-1;;;/h2*1-2,4,6,9H,3,5,7H2;2*1-5H;1H;1H2;/q4*-1;;;. The molecule has 0 heterocycles. The van der Waals surface area contributed by atoms with E-state index in [1.165, 1.54) is 38.5 Å². The van der Waals surface area contributed by atoms with Gasteiger partial charge in [-0.1, -0.05) is 12.8 Å². The quantitative estimate of drug-likeness (QED) is 0.236. The number of allylic oxidation sites excluding steroid dienone is 8. The van der Waals surface area contributed by atoms with Gasteiger partial charge in [0, 0.05) is 0 Å². The minimum Gasteiger partial charge on any atom is -0.184 e. The fourth-order valence-corrected chi connectivity index (χ4v) is 4.01. The van der Waals surface area contributed by atoms with Crippen LogP contribution in [0.1, 0.15) is 38.5 Å². The second-order valence-corrected chi connectivity index (χ2v) is 7.77. The fraction of sp³-hybridized carbons (Fsp3) is 0.267. The molecule has 6 rings (SSSR count). The Hall–Kier alpha value is -1.47. The summed E-state index contributed by atoms with van der Waals surface area (Å²) >= 11 is 1.58. The number of hydrogen-bond donors (Lipinski definition) is 0. The summed E-state index contributed by atoms with van der Waals surface area (Å²) in [7, 11) is 0. The van der Waals surface area contributed by atoms with Crippen molar-refractivity contribution >= 4 is 19.3 Å². The van der Waals surface area contributed by atoms with E-state index < -0.39 is 0 Å². The van der Waals surface area contributed by atoms with Crippen molar-refractivity contribution in [1.29, 1.82) is 0 Å². The van der Waals surface area contributed by atoms with Crippen molar-refractivity contribution in [2.45, 2.75) is 38.5 Å². The van der Waals surface area contributed by atoms with Gasteiger partial charge in [-0.25, -0.2) is 36.1 Å². The molecule has 0 saturated heterocycles. The van der Waals surface area contributed by atoms with Gasteiger partial charge in [-0.05, 0) is 24.7 Å². The normalized spacial score (nSPS) is 20.0. The van der Waals surface area contributed by atoms with Gasteiger partial charge in [-0.3, -0.25) is 0 Å². The monoisotopic (exact) mass is 548 g/mol. The van der Waals surface area contributed by atoms with E-state index in [0.717, 1.165) is 11.8 Å². The molecular formula is C30H35ClSiZr-4. The first kappa shape index (κ1) is 29.6. The van der Waals surface area contributed by atoms with Gasteiger partial charge < -0.3 is 0 Å². The van der Waals surface area contributed by atoms with Crippen LogP contribution >= 0.6 is 12.4 Å². The van der Waals surface area contributed by atoms with E-state index in [9.17, 15) is 0 Å². The Labute approximate surface area is 225 Å². The molecule has 2 fully saturated rings. The molecule has 33 heavy (non-hydrogen) atoms. The number of halogens is 1. The molecule has 0 spiro atoms. The fourth-order valence-electron chi connectivity index (χ4n) is 4.01. The van der Waals surface area contributed by atoms with E-state index in [2.05, 4.69) is 61.4 Å². The smallest absolute Gasteiger partial charge is 0.171 e. The molecule has 3 heteroatoms. The van der Waals surface area contributed by atoms with Gasteiger partial charge in [0.2, 0.25) is 0 Å². The summed E-state index contributed by atoms with van der Waals surface area (Å²) in [6.07, 6.45) is 26.1. The van der Waals surface area contributed by atoms with Gasteiger partial charge in [0.25, 0.3) is 0 Å². The van der Waals surface area contributed by atoms with Crippen molar-refractivity contribution in [3.63, 3.8) is 0 Å². The molecule has 2 aromatic carbocycles. The second kappa shape index (κ2) is 20.0. The Kier molecular flexibility index (Phi) is 17.9. The molecule has 2 saturated carbocycles. The van der Waals surface area contributed by atoms with Gasteiger partial charge in [-0.2, -0.15) is 72.8 Å². The first-order valence-corrected chi connectivity index (χ1v) is 17.4. The van der Waals surface area contributed by atoms with Crippen molar-refractivity contribution < 1.29 is 23.3 Å². The van der Waals surface area contributed by atoms with Crippen LogP contribution in [0, 0.1) is 36.8 Å². The van der Waals surface area contributed by atoms with Crippen molar-refractivity contribution in [3.8, 4) is 0 Å². The van der Waals surface area contributed by atoms with Crippen LogP contribution in [0.4, 0.5) is 0 Å². The van der Waals surface area contributed by atoms with Crippen LogP contribution in [0.5, 0.6) is 0 Å². The first-order chi connectivity index (χ1) is 15.9. The number of rotatable bonds is 0. The van der Waals surface area contributed by atoms with E-state index in [1.807, 2.05) is 67.5 Å². The molecule has 0 aliphatic heterocycles. The maximum atomic E-state index is 2.89. The first-order valence-electron chi connectivity index (χ1n) is 11.5. The zero-order valence-corrected chi connectivity index (χ0v) is 24.1. The van der Waals surface area contributed by atoms with E-state index in [0.29, 0.717) is 0 Å². The van der Waals surface area contributed by atoms with Gasteiger partial charge in [0.05, 0.1) is 0 Å². The van der Waals surface area contributed by atoms with Gasteiger partial charge in [0.15, 0.2) is 0 Å². The zero-order valence-electron chi connectivity index (χ0n) is 19.4. The Morgan fingerprint density at radius 2 is 1.06 bits per heavy atom. The topological polar surface area (TPSA) is 0 Å². The van der Waals surface area contributed by atoms with Gasteiger partial charge >= 0.3 is 30.2 Å². The SMILES string of the molecule is C1=CCC2CC[CH-]C2=C1.C1=CCC2CC[CH-]C2=C1.Cl.[SiH2]=[Zr].[c-]1ccccc1.[c-]1ccccc1. The number of hydrogen-bond acceptors (Lipinski definition) is 0. The third-order valence-corrected chi connectivity index (χ3v) is 5.64. The van der Waals surface area contributed by atoms with E-state index >= 15 is 0 Å². The molecule has 0 aromatic heterocycles. The molecule has 0 N–H and O–H groups in total. The average molecular weight is 550 g/mol. The molecule has 0 bridgehead atoms. The Balaban J connectivity index is 0.000000216. The number of fused-ring (bicyclic) bond motifs is 2. The van der Waals surface area contributed by atoms with Gasteiger partial charge in [0.1, 0.15) is 0 Å². The van der Waals surface area contributed by atoms with Crippen molar-refractivity contribution in [3.05, 3.63) is 133 Å². The van der Waals surface area contributed by atoms with Crippen LogP contribution < -0.4 is 0 Å². The van der Waals surface area contributed by atoms with Crippen molar-refractivity contribution in [2.75, 3.05) is 0 Å².